The van der Waals surface area contributed by atoms with Crippen LogP contribution >= 0.6 is 0 Å². The monoisotopic (exact) mass is 215 g/mol. The Balaban J connectivity index is 4.38. The summed E-state index contributed by atoms with van der Waals surface area (Å²) in [5.41, 5.74) is -0.799. The lowest BCUT2D eigenvalue weighted by Gasteiger charge is -2.19. The molecular formula is C10H17NO4. The molecule has 2 N–H and O–H groups in total. The Kier molecular flexibility index (Phi) is 4.84. The summed E-state index contributed by atoms with van der Waals surface area (Å²) in [5.74, 6) is -1.18. The van der Waals surface area contributed by atoms with Crippen LogP contribution in [0.15, 0.2) is 11.8 Å². The third kappa shape index (κ3) is 6.54. The molecule has 5 nitrogen and oxygen atoms in total. The zero-order valence-corrected chi connectivity index (χ0v) is 9.46. The summed E-state index contributed by atoms with van der Waals surface area (Å²) in [6, 6.07) is 0. The smallest absolute Gasteiger partial charge is 0.412 e. The van der Waals surface area contributed by atoms with Crippen molar-refractivity contribution in [2.45, 2.75) is 39.7 Å². The van der Waals surface area contributed by atoms with E-state index < -0.39 is 17.7 Å². The standard InChI is InChI=1S/C10H17NO4/c1-5-6-7(8(12)13)11-9(14)15-10(2,3)4/h6H,5H2,1-4H3,(H,11,14)(H,12,13)/b7-6-. The first-order chi connectivity index (χ1) is 6.76. The van der Waals surface area contributed by atoms with Gasteiger partial charge in [-0.15, -0.1) is 0 Å². The highest BCUT2D eigenvalue weighted by molar-refractivity contribution is 5.90. The minimum Gasteiger partial charge on any atom is -0.477 e. The second-order valence-corrected chi connectivity index (χ2v) is 3.96. The van der Waals surface area contributed by atoms with Crippen molar-refractivity contribution in [2.75, 3.05) is 0 Å². The van der Waals surface area contributed by atoms with Gasteiger partial charge in [-0.05, 0) is 27.2 Å². The first kappa shape index (κ1) is 13.5. The fraction of sp³-hybridized carbons (Fsp3) is 0.600. The minimum atomic E-state index is -1.18. The number of hydrogen-bond acceptors (Lipinski definition) is 3. The minimum absolute atomic E-state index is 0.160. The lowest BCUT2D eigenvalue weighted by Crippen LogP contribution is -2.34. The quantitative estimate of drug-likeness (QED) is 0.705. The molecule has 0 aliphatic heterocycles. The van der Waals surface area contributed by atoms with E-state index in [1.807, 2.05) is 0 Å². The molecule has 86 valence electrons. The topological polar surface area (TPSA) is 75.6 Å². The number of carboxylic acids is 1. The summed E-state index contributed by atoms with van der Waals surface area (Å²) >= 11 is 0. The van der Waals surface area contributed by atoms with Gasteiger partial charge in [-0.2, -0.15) is 0 Å². The Morgan fingerprint density at radius 3 is 2.27 bits per heavy atom. The molecule has 0 radical (unpaired) electrons. The van der Waals surface area contributed by atoms with Crippen molar-refractivity contribution in [2.24, 2.45) is 0 Å². The summed E-state index contributed by atoms with van der Waals surface area (Å²) < 4.78 is 4.91. The van der Waals surface area contributed by atoms with Gasteiger partial charge in [0.1, 0.15) is 11.3 Å². The van der Waals surface area contributed by atoms with E-state index in [4.69, 9.17) is 9.84 Å². The highest BCUT2D eigenvalue weighted by Crippen LogP contribution is 2.07. The molecule has 1 amide bonds. The van der Waals surface area contributed by atoms with Gasteiger partial charge < -0.3 is 9.84 Å². The van der Waals surface area contributed by atoms with E-state index in [0.29, 0.717) is 6.42 Å². The van der Waals surface area contributed by atoms with E-state index in [-0.39, 0.29) is 5.70 Å². The number of nitrogens with one attached hydrogen (secondary N) is 1. The number of alkyl carbamates (subject to hydrolysis) is 1. The van der Waals surface area contributed by atoms with E-state index in [0.717, 1.165) is 0 Å². The zero-order valence-electron chi connectivity index (χ0n) is 9.46. The number of amides is 1. The van der Waals surface area contributed by atoms with Gasteiger partial charge in [-0.25, -0.2) is 9.59 Å². The molecule has 0 heterocycles. The van der Waals surface area contributed by atoms with Crippen molar-refractivity contribution in [3.8, 4) is 0 Å². The van der Waals surface area contributed by atoms with Crippen LogP contribution in [0, 0.1) is 0 Å². The van der Waals surface area contributed by atoms with Gasteiger partial charge >= 0.3 is 12.1 Å². The van der Waals surface area contributed by atoms with Crippen LogP contribution in [0.5, 0.6) is 0 Å². The van der Waals surface area contributed by atoms with Gasteiger partial charge in [0.2, 0.25) is 0 Å². The summed E-state index contributed by atoms with van der Waals surface area (Å²) in [5, 5.41) is 10.9. The maximum Gasteiger partial charge on any atom is 0.412 e. The molecule has 0 bridgehead atoms. The van der Waals surface area contributed by atoms with Crippen LogP contribution in [0.25, 0.3) is 0 Å². The third-order valence-corrected chi connectivity index (χ3v) is 1.27. The van der Waals surface area contributed by atoms with Crippen LogP contribution in [-0.2, 0) is 9.53 Å². The van der Waals surface area contributed by atoms with Crippen molar-refractivity contribution < 1.29 is 19.4 Å². The predicted octanol–water partition coefficient (Wildman–Crippen LogP) is 1.89. The van der Waals surface area contributed by atoms with Crippen LogP contribution in [0.3, 0.4) is 0 Å². The number of carbonyl (C=O) groups is 2. The average molecular weight is 215 g/mol. The van der Waals surface area contributed by atoms with E-state index >= 15 is 0 Å². The van der Waals surface area contributed by atoms with Gasteiger partial charge in [0.25, 0.3) is 0 Å². The Morgan fingerprint density at radius 2 is 1.93 bits per heavy atom. The number of rotatable bonds is 3. The Labute approximate surface area is 89.1 Å². The summed E-state index contributed by atoms with van der Waals surface area (Å²) in [6.45, 7) is 6.89. The third-order valence-electron chi connectivity index (χ3n) is 1.27. The Hall–Kier alpha value is -1.52. The molecule has 0 saturated carbocycles. The highest BCUT2D eigenvalue weighted by atomic mass is 16.6. The molecule has 0 unspecified atom stereocenters. The van der Waals surface area contributed by atoms with Crippen molar-refractivity contribution >= 4 is 12.1 Å². The first-order valence-corrected chi connectivity index (χ1v) is 4.69. The van der Waals surface area contributed by atoms with Gasteiger partial charge in [0.15, 0.2) is 0 Å². The normalized spacial score (nSPS) is 12.1. The van der Waals surface area contributed by atoms with E-state index in [1.165, 1.54) is 6.08 Å². The maximum absolute atomic E-state index is 11.2. The summed E-state index contributed by atoms with van der Waals surface area (Å²) in [6.07, 6.45) is 1.17. The van der Waals surface area contributed by atoms with Gasteiger partial charge in [0, 0.05) is 0 Å². The lowest BCUT2D eigenvalue weighted by molar-refractivity contribution is -0.133. The highest BCUT2D eigenvalue weighted by Gasteiger charge is 2.18. The molecule has 0 atom stereocenters. The number of aliphatic carboxylic acids is 1. The van der Waals surface area contributed by atoms with Crippen molar-refractivity contribution in [1.82, 2.24) is 5.32 Å². The number of ether oxygens (including phenoxy) is 1. The molecule has 0 spiro atoms. The molecule has 0 saturated heterocycles. The number of hydrogen-bond donors (Lipinski definition) is 2. The van der Waals surface area contributed by atoms with E-state index in [1.54, 1.807) is 27.7 Å². The van der Waals surface area contributed by atoms with Crippen LogP contribution in [0.2, 0.25) is 0 Å². The number of carbonyl (C=O) groups excluding carboxylic acids is 1. The second-order valence-electron chi connectivity index (χ2n) is 3.96. The maximum atomic E-state index is 11.2. The molecule has 0 aromatic rings. The molecule has 0 fully saturated rings. The first-order valence-electron chi connectivity index (χ1n) is 4.69. The molecule has 0 aromatic heterocycles. The van der Waals surface area contributed by atoms with Crippen LogP contribution in [0.1, 0.15) is 34.1 Å². The Bertz CT molecular complexity index is 276. The van der Waals surface area contributed by atoms with Gasteiger partial charge in [-0.3, -0.25) is 5.32 Å². The molecule has 0 rings (SSSR count). The SMILES string of the molecule is CC/C=C(\NC(=O)OC(C)(C)C)C(=O)O. The average Bonchev–Trinajstić information content (AvgIpc) is 1.99. The van der Waals surface area contributed by atoms with E-state index in [2.05, 4.69) is 5.32 Å². The lowest BCUT2D eigenvalue weighted by atomic mass is 10.2. The number of carboxylic acid groups (broad SMARTS) is 1. The van der Waals surface area contributed by atoms with Gasteiger partial charge in [-0.1, -0.05) is 13.0 Å². The summed E-state index contributed by atoms with van der Waals surface area (Å²) in [4.78, 5) is 21.9. The fourth-order valence-electron chi connectivity index (χ4n) is 0.809. The molecule has 0 aliphatic carbocycles. The summed E-state index contributed by atoms with van der Waals surface area (Å²) in [7, 11) is 0. The fourth-order valence-corrected chi connectivity index (χ4v) is 0.809. The van der Waals surface area contributed by atoms with E-state index in [9.17, 15) is 9.59 Å². The number of allylic oxidation sites excluding steroid dienone is 1. The molecule has 0 aromatic carbocycles. The van der Waals surface area contributed by atoms with Crippen LogP contribution in [0.4, 0.5) is 4.79 Å². The molecule has 15 heavy (non-hydrogen) atoms. The molecule has 0 aliphatic rings. The van der Waals surface area contributed by atoms with Crippen molar-refractivity contribution in [3.63, 3.8) is 0 Å². The molecule has 5 heteroatoms. The zero-order chi connectivity index (χ0) is 12.1. The molecular weight excluding hydrogens is 198 g/mol. The Morgan fingerprint density at radius 1 is 1.40 bits per heavy atom. The van der Waals surface area contributed by atoms with Gasteiger partial charge in [0.05, 0.1) is 0 Å². The second kappa shape index (κ2) is 5.38. The van der Waals surface area contributed by atoms with Crippen LogP contribution in [-0.4, -0.2) is 22.8 Å². The van der Waals surface area contributed by atoms with Crippen molar-refractivity contribution in [1.29, 1.82) is 0 Å². The largest absolute Gasteiger partial charge is 0.477 e. The predicted molar refractivity (Wildman–Crippen MR) is 55.4 cm³/mol. The van der Waals surface area contributed by atoms with Crippen LogP contribution < -0.4 is 5.32 Å². The van der Waals surface area contributed by atoms with Crippen molar-refractivity contribution in [3.05, 3.63) is 11.8 Å².